The molecule has 0 saturated heterocycles. The summed E-state index contributed by atoms with van der Waals surface area (Å²) in [6.45, 7) is -0.504. The van der Waals surface area contributed by atoms with Gasteiger partial charge in [0.15, 0.2) is 6.61 Å². The number of ether oxygens (including phenoxy) is 1. The summed E-state index contributed by atoms with van der Waals surface area (Å²) in [5.74, 6) is -1.78. The molecule has 0 bridgehead atoms. The fourth-order valence-corrected chi connectivity index (χ4v) is 2.49. The molecule has 0 saturated carbocycles. The van der Waals surface area contributed by atoms with E-state index in [-0.39, 0.29) is 5.69 Å². The summed E-state index contributed by atoms with van der Waals surface area (Å²) in [5.41, 5.74) is 1.99. The fourth-order valence-electron chi connectivity index (χ4n) is 2.49. The number of carbonyl (C=O) groups excluding carboxylic acids is 2. The van der Waals surface area contributed by atoms with E-state index in [1.165, 1.54) is 18.2 Å². The molecule has 3 aromatic carbocycles. The van der Waals surface area contributed by atoms with Crippen LogP contribution >= 0.6 is 0 Å². The molecule has 0 unspecified atom stereocenters. The molecule has 0 fully saturated rings. The van der Waals surface area contributed by atoms with Gasteiger partial charge in [0, 0.05) is 0 Å². The maximum absolute atomic E-state index is 13.5. The van der Waals surface area contributed by atoms with Crippen molar-refractivity contribution in [2.24, 2.45) is 0 Å². The quantitative estimate of drug-likeness (QED) is 0.699. The van der Waals surface area contributed by atoms with Gasteiger partial charge < -0.3 is 10.1 Å². The van der Waals surface area contributed by atoms with Crippen LogP contribution in [0.5, 0.6) is 0 Å². The van der Waals surface area contributed by atoms with Crippen molar-refractivity contribution in [3.8, 4) is 11.1 Å². The Bertz CT molecular complexity index is 925. The number of hydrogen-bond donors (Lipinski definition) is 1. The molecule has 0 aromatic heterocycles. The van der Waals surface area contributed by atoms with E-state index in [9.17, 15) is 14.0 Å². The van der Waals surface area contributed by atoms with Crippen LogP contribution in [0.3, 0.4) is 0 Å². The number of hydrogen-bond acceptors (Lipinski definition) is 3. The number of nitrogens with one attached hydrogen (secondary N) is 1. The minimum absolute atomic E-state index is 0.0400. The average molecular weight is 349 g/mol. The molecule has 26 heavy (non-hydrogen) atoms. The first-order valence-corrected chi connectivity index (χ1v) is 8.01. The average Bonchev–Trinajstić information content (AvgIpc) is 2.68. The van der Waals surface area contributed by atoms with Crippen LogP contribution in [0.25, 0.3) is 11.1 Å². The fraction of sp³-hybridized carbons (Fsp3) is 0.0476. The van der Waals surface area contributed by atoms with E-state index in [1.807, 2.05) is 42.5 Å². The lowest BCUT2D eigenvalue weighted by Gasteiger charge is -2.10. The van der Waals surface area contributed by atoms with Crippen molar-refractivity contribution >= 4 is 17.6 Å². The summed E-state index contributed by atoms with van der Waals surface area (Å²) in [5, 5.41) is 2.37. The third kappa shape index (κ3) is 4.13. The largest absolute Gasteiger partial charge is 0.452 e. The zero-order valence-electron chi connectivity index (χ0n) is 13.8. The number of anilines is 1. The van der Waals surface area contributed by atoms with Crippen LogP contribution < -0.4 is 5.32 Å². The topological polar surface area (TPSA) is 55.4 Å². The third-order valence-electron chi connectivity index (χ3n) is 3.71. The molecule has 3 rings (SSSR count). The monoisotopic (exact) mass is 349 g/mol. The van der Waals surface area contributed by atoms with E-state index in [2.05, 4.69) is 5.32 Å². The van der Waals surface area contributed by atoms with Gasteiger partial charge in [0.2, 0.25) is 0 Å². The molecule has 130 valence electrons. The lowest BCUT2D eigenvalue weighted by molar-refractivity contribution is -0.119. The summed E-state index contributed by atoms with van der Waals surface area (Å²) in [4.78, 5) is 24.3. The SMILES string of the molecule is O=C(COC(=O)c1ccccc1-c1ccccc1)Nc1ccccc1F. The lowest BCUT2D eigenvalue weighted by Crippen LogP contribution is -2.21. The molecule has 5 heteroatoms. The molecule has 0 aliphatic rings. The minimum atomic E-state index is -0.617. The Kier molecular flexibility index (Phi) is 5.39. The summed E-state index contributed by atoms with van der Waals surface area (Å²) >= 11 is 0. The van der Waals surface area contributed by atoms with E-state index in [0.29, 0.717) is 11.1 Å². The van der Waals surface area contributed by atoms with Gasteiger partial charge in [0.1, 0.15) is 5.82 Å². The zero-order chi connectivity index (χ0) is 18.4. The van der Waals surface area contributed by atoms with Gasteiger partial charge in [0.05, 0.1) is 11.3 Å². The van der Waals surface area contributed by atoms with Gasteiger partial charge in [0.25, 0.3) is 5.91 Å². The van der Waals surface area contributed by atoms with Crippen LogP contribution in [0, 0.1) is 5.82 Å². The lowest BCUT2D eigenvalue weighted by atomic mass is 10.00. The first kappa shape index (κ1) is 17.4. The van der Waals surface area contributed by atoms with E-state index >= 15 is 0 Å². The highest BCUT2D eigenvalue weighted by molar-refractivity contribution is 5.99. The molecule has 0 spiro atoms. The van der Waals surface area contributed by atoms with E-state index in [1.54, 1.807) is 18.2 Å². The highest BCUT2D eigenvalue weighted by Crippen LogP contribution is 2.24. The summed E-state index contributed by atoms with van der Waals surface area (Å²) in [6.07, 6.45) is 0. The Balaban J connectivity index is 1.68. The zero-order valence-corrected chi connectivity index (χ0v) is 13.8. The second-order valence-corrected chi connectivity index (χ2v) is 5.52. The number of esters is 1. The van der Waals surface area contributed by atoms with Crippen molar-refractivity contribution < 1.29 is 18.7 Å². The van der Waals surface area contributed by atoms with Gasteiger partial charge in [-0.2, -0.15) is 0 Å². The van der Waals surface area contributed by atoms with Crippen molar-refractivity contribution in [3.63, 3.8) is 0 Å². The third-order valence-corrected chi connectivity index (χ3v) is 3.71. The molecular formula is C21H16FNO3. The second kappa shape index (κ2) is 8.07. The van der Waals surface area contributed by atoms with Crippen LogP contribution in [0.4, 0.5) is 10.1 Å². The Morgan fingerprint density at radius 3 is 2.27 bits per heavy atom. The van der Waals surface area contributed by atoms with Crippen molar-refractivity contribution in [1.29, 1.82) is 0 Å². The number of carbonyl (C=O) groups is 2. The van der Waals surface area contributed by atoms with Crippen molar-refractivity contribution in [3.05, 3.63) is 90.2 Å². The van der Waals surface area contributed by atoms with Gasteiger partial charge in [-0.3, -0.25) is 4.79 Å². The summed E-state index contributed by atoms with van der Waals surface area (Å²) < 4.78 is 18.6. The van der Waals surface area contributed by atoms with Gasteiger partial charge in [-0.15, -0.1) is 0 Å². The minimum Gasteiger partial charge on any atom is -0.452 e. The maximum Gasteiger partial charge on any atom is 0.339 e. The normalized spacial score (nSPS) is 10.2. The summed E-state index contributed by atoms with van der Waals surface area (Å²) in [6, 6.07) is 22.2. The van der Waals surface area contributed by atoms with Crippen LogP contribution in [0.15, 0.2) is 78.9 Å². The Hall–Kier alpha value is -3.47. The molecule has 0 radical (unpaired) electrons. The molecule has 0 atom stereocenters. The van der Waals surface area contributed by atoms with Crippen LogP contribution in [-0.4, -0.2) is 18.5 Å². The van der Waals surface area contributed by atoms with Gasteiger partial charge in [-0.1, -0.05) is 60.7 Å². The smallest absolute Gasteiger partial charge is 0.339 e. The molecule has 3 aromatic rings. The van der Waals surface area contributed by atoms with Gasteiger partial charge in [-0.05, 0) is 29.3 Å². The molecule has 0 aliphatic carbocycles. The van der Waals surface area contributed by atoms with E-state index < -0.39 is 24.3 Å². The van der Waals surface area contributed by atoms with Crippen molar-refractivity contribution in [2.75, 3.05) is 11.9 Å². The molecular weight excluding hydrogens is 333 g/mol. The first-order valence-electron chi connectivity index (χ1n) is 8.01. The molecule has 0 aliphatic heterocycles. The Labute approximate surface area is 150 Å². The second-order valence-electron chi connectivity index (χ2n) is 5.52. The Morgan fingerprint density at radius 1 is 0.846 bits per heavy atom. The van der Waals surface area contributed by atoms with Gasteiger partial charge >= 0.3 is 5.97 Å². The summed E-state index contributed by atoms with van der Waals surface area (Å²) in [7, 11) is 0. The van der Waals surface area contributed by atoms with Gasteiger partial charge in [-0.25, -0.2) is 9.18 Å². The maximum atomic E-state index is 13.5. The number of halogens is 1. The molecule has 0 heterocycles. The number of amides is 1. The molecule has 4 nitrogen and oxygen atoms in total. The predicted octanol–water partition coefficient (Wildman–Crippen LogP) is 4.29. The number of para-hydroxylation sites is 1. The first-order chi connectivity index (χ1) is 12.6. The van der Waals surface area contributed by atoms with Crippen molar-refractivity contribution in [2.45, 2.75) is 0 Å². The van der Waals surface area contributed by atoms with Crippen LogP contribution in [0.2, 0.25) is 0 Å². The number of benzene rings is 3. The predicted molar refractivity (Wildman–Crippen MR) is 97.2 cm³/mol. The van der Waals surface area contributed by atoms with Crippen LogP contribution in [-0.2, 0) is 9.53 Å². The molecule has 1 N–H and O–H groups in total. The number of rotatable bonds is 5. The molecule has 1 amide bonds. The van der Waals surface area contributed by atoms with E-state index in [4.69, 9.17) is 4.74 Å². The van der Waals surface area contributed by atoms with E-state index in [0.717, 1.165) is 5.56 Å². The van der Waals surface area contributed by atoms with Crippen LogP contribution in [0.1, 0.15) is 10.4 Å². The highest BCUT2D eigenvalue weighted by atomic mass is 19.1. The highest BCUT2D eigenvalue weighted by Gasteiger charge is 2.15. The standard InChI is InChI=1S/C21H16FNO3/c22-18-12-6-7-13-19(18)23-20(24)14-26-21(25)17-11-5-4-10-16(17)15-8-2-1-3-9-15/h1-13H,14H2,(H,23,24). The Morgan fingerprint density at radius 2 is 1.50 bits per heavy atom. The van der Waals surface area contributed by atoms with Crippen molar-refractivity contribution in [1.82, 2.24) is 0 Å².